The molecule has 0 aliphatic heterocycles. The number of hydrogen-bond donors (Lipinski definition) is 1. The van der Waals surface area contributed by atoms with E-state index in [1.165, 1.54) is 13.3 Å². The van der Waals surface area contributed by atoms with Gasteiger partial charge in [0.15, 0.2) is 5.69 Å². The number of methoxy groups -OCH3 is 2. The van der Waals surface area contributed by atoms with E-state index in [-0.39, 0.29) is 5.69 Å². The molecule has 0 aliphatic carbocycles. The molecule has 0 fully saturated rings. The first kappa shape index (κ1) is 11.9. The minimum Gasteiger partial charge on any atom is -0.497 e. The zero-order chi connectivity index (χ0) is 13.0. The van der Waals surface area contributed by atoms with Gasteiger partial charge in [0.2, 0.25) is 0 Å². The van der Waals surface area contributed by atoms with Crippen molar-refractivity contribution in [2.75, 3.05) is 19.5 Å². The number of carbonyl (C=O) groups excluding carboxylic acids is 1. The second-order valence-electron chi connectivity index (χ2n) is 3.31. The van der Waals surface area contributed by atoms with Crippen LogP contribution in [0.25, 0.3) is 0 Å². The minimum absolute atomic E-state index is 0.0906. The largest absolute Gasteiger partial charge is 0.497 e. The van der Waals surface area contributed by atoms with Crippen LogP contribution >= 0.6 is 0 Å². The van der Waals surface area contributed by atoms with Crippen molar-refractivity contribution in [1.82, 2.24) is 10.3 Å². The molecule has 0 atom stereocenters. The van der Waals surface area contributed by atoms with Gasteiger partial charge in [-0.15, -0.1) is 0 Å². The molecule has 7 heteroatoms. The Morgan fingerprint density at radius 3 is 2.78 bits per heavy atom. The summed E-state index contributed by atoms with van der Waals surface area (Å²) in [5.74, 6) is 0.687. The van der Waals surface area contributed by atoms with Crippen LogP contribution in [0.1, 0.15) is 10.5 Å². The van der Waals surface area contributed by atoms with Crippen LogP contribution in [0.15, 0.2) is 29.0 Å². The summed E-state index contributed by atoms with van der Waals surface area (Å²) in [6, 6.07) is 5.04. The van der Waals surface area contributed by atoms with Crippen molar-refractivity contribution in [2.24, 2.45) is 0 Å². The molecule has 0 radical (unpaired) electrons. The van der Waals surface area contributed by atoms with Gasteiger partial charge in [-0.3, -0.25) is 4.79 Å². The number of anilines is 1. The van der Waals surface area contributed by atoms with Gasteiger partial charge < -0.3 is 14.8 Å². The molecule has 94 valence electrons. The van der Waals surface area contributed by atoms with Gasteiger partial charge in [-0.2, -0.15) is 0 Å². The minimum atomic E-state index is -0.431. The summed E-state index contributed by atoms with van der Waals surface area (Å²) in [6.07, 6.45) is 1.23. The Kier molecular flexibility index (Phi) is 3.42. The van der Waals surface area contributed by atoms with E-state index in [1.807, 2.05) is 0 Å². The number of aromatic nitrogens is 2. The summed E-state index contributed by atoms with van der Waals surface area (Å²) < 4.78 is 14.6. The summed E-state index contributed by atoms with van der Waals surface area (Å²) in [4.78, 5) is 11.7. The maximum absolute atomic E-state index is 11.7. The van der Waals surface area contributed by atoms with Crippen molar-refractivity contribution in [3.63, 3.8) is 0 Å². The Labute approximate surface area is 103 Å². The lowest BCUT2D eigenvalue weighted by atomic mass is 10.2. The quantitative estimate of drug-likeness (QED) is 0.879. The lowest BCUT2D eigenvalue weighted by Crippen LogP contribution is -2.13. The fourth-order valence-corrected chi connectivity index (χ4v) is 1.35. The van der Waals surface area contributed by atoms with E-state index in [4.69, 9.17) is 9.47 Å². The van der Waals surface area contributed by atoms with Crippen LogP contribution in [0, 0.1) is 0 Å². The average Bonchev–Trinajstić information content (AvgIpc) is 2.93. The average molecular weight is 249 g/mol. The molecule has 0 aliphatic rings. The van der Waals surface area contributed by atoms with E-state index in [0.29, 0.717) is 17.2 Å². The van der Waals surface area contributed by atoms with Gasteiger partial charge in [0.1, 0.15) is 17.7 Å². The van der Waals surface area contributed by atoms with E-state index in [9.17, 15) is 4.79 Å². The van der Waals surface area contributed by atoms with Crippen LogP contribution in [0.3, 0.4) is 0 Å². The Balaban J connectivity index is 2.21. The van der Waals surface area contributed by atoms with Gasteiger partial charge in [0.25, 0.3) is 5.91 Å². The van der Waals surface area contributed by atoms with E-state index in [2.05, 4.69) is 20.3 Å². The summed E-state index contributed by atoms with van der Waals surface area (Å²) in [5, 5.41) is 9.43. The molecule has 0 spiro atoms. The highest BCUT2D eigenvalue weighted by molar-refractivity contribution is 6.03. The highest BCUT2D eigenvalue weighted by Crippen LogP contribution is 2.29. The second kappa shape index (κ2) is 5.17. The zero-order valence-corrected chi connectivity index (χ0v) is 9.84. The maximum atomic E-state index is 11.7. The fraction of sp³-hybridized carbons (Fsp3) is 0.182. The molecule has 2 aromatic rings. The Hall–Kier alpha value is -2.57. The fourth-order valence-electron chi connectivity index (χ4n) is 1.35. The Morgan fingerprint density at radius 2 is 2.17 bits per heavy atom. The lowest BCUT2D eigenvalue weighted by molar-refractivity contribution is 0.101. The molecule has 18 heavy (non-hydrogen) atoms. The zero-order valence-electron chi connectivity index (χ0n) is 9.84. The SMILES string of the molecule is COc1ccc(NC(=O)c2cnon2)c(OC)c1. The van der Waals surface area contributed by atoms with Gasteiger partial charge in [0.05, 0.1) is 19.9 Å². The third-order valence-electron chi connectivity index (χ3n) is 2.25. The highest BCUT2D eigenvalue weighted by Gasteiger charge is 2.13. The molecule has 1 aromatic carbocycles. The predicted molar refractivity (Wildman–Crippen MR) is 61.8 cm³/mol. The van der Waals surface area contributed by atoms with Crippen LogP contribution in [0.5, 0.6) is 11.5 Å². The molecule has 1 amide bonds. The molecule has 1 heterocycles. The normalized spacial score (nSPS) is 9.89. The number of carbonyl (C=O) groups is 1. The van der Waals surface area contributed by atoms with Crippen molar-refractivity contribution in [3.05, 3.63) is 30.1 Å². The number of hydrogen-bond acceptors (Lipinski definition) is 6. The third-order valence-corrected chi connectivity index (χ3v) is 2.25. The maximum Gasteiger partial charge on any atom is 0.279 e. The molecule has 1 aromatic heterocycles. The molecular formula is C11H11N3O4. The van der Waals surface area contributed by atoms with Crippen molar-refractivity contribution in [1.29, 1.82) is 0 Å². The monoisotopic (exact) mass is 249 g/mol. The number of rotatable bonds is 4. The van der Waals surface area contributed by atoms with Gasteiger partial charge in [-0.1, -0.05) is 5.16 Å². The standard InChI is InChI=1S/C11H11N3O4/c1-16-7-3-4-8(10(5-7)17-2)13-11(15)9-6-12-18-14-9/h3-6H,1-2H3,(H,13,15). The molecule has 0 saturated heterocycles. The number of benzene rings is 1. The lowest BCUT2D eigenvalue weighted by Gasteiger charge is -2.10. The van der Waals surface area contributed by atoms with Crippen LogP contribution < -0.4 is 14.8 Å². The third kappa shape index (κ3) is 2.40. The van der Waals surface area contributed by atoms with Crippen LogP contribution in [-0.4, -0.2) is 30.4 Å². The molecule has 1 N–H and O–H groups in total. The Morgan fingerprint density at radius 1 is 1.33 bits per heavy atom. The molecule has 0 unspecified atom stereocenters. The number of ether oxygens (including phenoxy) is 2. The first-order valence-corrected chi connectivity index (χ1v) is 5.05. The number of nitrogens with one attached hydrogen (secondary N) is 1. The van der Waals surface area contributed by atoms with Gasteiger partial charge >= 0.3 is 0 Å². The van der Waals surface area contributed by atoms with E-state index < -0.39 is 5.91 Å². The van der Waals surface area contributed by atoms with Crippen molar-refractivity contribution < 1.29 is 18.9 Å². The highest BCUT2D eigenvalue weighted by atomic mass is 16.6. The van der Waals surface area contributed by atoms with Crippen LogP contribution in [-0.2, 0) is 0 Å². The first-order valence-electron chi connectivity index (χ1n) is 5.05. The second-order valence-corrected chi connectivity index (χ2v) is 3.31. The summed E-state index contributed by atoms with van der Waals surface area (Å²) in [5.41, 5.74) is 0.596. The number of amides is 1. The Bertz CT molecular complexity index is 539. The van der Waals surface area contributed by atoms with E-state index in [1.54, 1.807) is 25.3 Å². The van der Waals surface area contributed by atoms with Crippen LogP contribution in [0.4, 0.5) is 5.69 Å². The smallest absolute Gasteiger partial charge is 0.279 e. The molecule has 0 bridgehead atoms. The van der Waals surface area contributed by atoms with E-state index >= 15 is 0 Å². The van der Waals surface area contributed by atoms with Crippen molar-refractivity contribution in [2.45, 2.75) is 0 Å². The number of nitrogens with zero attached hydrogens (tertiary/aromatic N) is 2. The van der Waals surface area contributed by atoms with Gasteiger partial charge in [0, 0.05) is 6.07 Å². The molecule has 2 rings (SSSR count). The summed E-state index contributed by atoms with van der Waals surface area (Å²) in [7, 11) is 3.05. The van der Waals surface area contributed by atoms with Gasteiger partial charge in [-0.25, -0.2) is 4.63 Å². The van der Waals surface area contributed by atoms with Crippen molar-refractivity contribution in [3.8, 4) is 11.5 Å². The van der Waals surface area contributed by atoms with Crippen LogP contribution in [0.2, 0.25) is 0 Å². The van der Waals surface area contributed by atoms with Gasteiger partial charge in [-0.05, 0) is 17.3 Å². The molecular weight excluding hydrogens is 238 g/mol. The van der Waals surface area contributed by atoms with E-state index in [0.717, 1.165) is 0 Å². The molecule has 0 saturated carbocycles. The predicted octanol–water partition coefficient (Wildman–Crippen LogP) is 1.34. The summed E-state index contributed by atoms with van der Waals surface area (Å²) in [6.45, 7) is 0. The topological polar surface area (TPSA) is 86.5 Å². The molecule has 7 nitrogen and oxygen atoms in total. The first-order chi connectivity index (χ1) is 8.74. The summed E-state index contributed by atoms with van der Waals surface area (Å²) >= 11 is 0. The van der Waals surface area contributed by atoms with Crippen molar-refractivity contribution >= 4 is 11.6 Å².